The Kier molecular flexibility index (Phi) is 5.07. The van der Waals surface area contributed by atoms with Crippen LogP contribution in [0.15, 0.2) is 70.8 Å². The van der Waals surface area contributed by atoms with Gasteiger partial charge in [0, 0.05) is 12.6 Å². The molecule has 3 aromatic rings. The highest BCUT2D eigenvalue weighted by Crippen LogP contribution is 2.21. The smallest absolute Gasteiger partial charge is 0.247 e. The van der Waals surface area contributed by atoms with Crippen LogP contribution in [0.1, 0.15) is 17.9 Å². The van der Waals surface area contributed by atoms with Crippen molar-refractivity contribution in [2.75, 3.05) is 6.54 Å². The van der Waals surface area contributed by atoms with Crippen LogP contribution >= 0.6 is 0 Å². The zero-order valence-electron chi connectivity index (χ0n) is 15.1. The Morgan fingerprint density at radius 2 is 2.04 bits per heavy atom. The van der Waals surface area contributed by atoms with Gasteiger partial charge in [-0.15, -0.1) is 5.11 Å². The van der Waals surface area contributed by atoms with Crippen LogP contribution in [0.4, 0.5) is 0 Å². The molecule has 0 bridgehead atoms. The number of rotatable bonds is 6. The van der Waals surface area contributed by atoms with Crippen molar-refractivity contribution in [1.29, 1.82) is 0 Å². The van der Waals surface area contributed by atoms with Crippen LogP contribution in [-0.2, 0) is 17.9 Å². The van der Waals surface area contributed by atoms with Gasteiger partial charge in [0.25, 0.3) is 0 Å². The Hall–Kier alpha value is -3.59. The molecule has 1 amide bonds. The first kappa shape index (κ1) is 17.8. The number of imidazole rings is 1. The lowest BCUT2D eigenvalue weighted by atomic mass is 10.3. The minimum atomic E-state index is -0.488. The fourth-order valence-electron chi connectivity index (χ4n) is 3.06. The van der Waals surface area contributed by atoms with Crippen LogP contribution in [0.3, 0.4) is 0 Å². The number of hydrogen-bond donors (Lipinski definition) is 2. The summed E-state index contributed by atoms with van der Waals surface area (Å²) in [4.78, 5) is 20.3. The Balaban J connectivity index is 1.55. The number of benzene rings is 1. The molecule has 0 radical (unpaired) electrons. The molecule has 0 fully saturated rings. The molecule has 0 saturated carbocycles. The summed E-state index contributed by atoms with van der Waals surface area (Å²) < 4.78 is 2.13. The summed E-state index contributed by atoms with van der Waals surface area (Å²) in [5, 5.41) is 18.6. The Labute approximate surface area is 161 Å². The molecular weight excluding hydrogens is 358 g/mol. The van der Waals surface area contributed by atoms with Gasteiger partial charge in [0.2, 0.25) is 5.91 Å². The average molecular weight is 377 g/mol. The van der Waals surface area contributed by atoms with Crippen LogP contribution in [0, 0.1) is 0 Å². The quantitative estimate of drug-likeness (QED) is 0.507. The first-order valence-electron chi connectivity index (χ1n) is 8.85. The number of hydroxylamine groups is 1. The van der Waals surface area contributed by atoms with Gasteiger partial charge in [-0.2, -0.15) is 0 Å². The second kappa shape index (κ2) is 7.97. The Morgan fingerprint density at radius 3 is 2.86 bits per heavy atom. The number of nitrogens with one attached hydrogen (secondary N) is 1. The highest BCUT2D eigenvalue weighted by molar-refractivity contribution is 5.76. The lowest BCUT2D eigenvalue weighted by molar-refractivity contribution is -0.128. The minimum absolute atomic E-state index is 0.0525. The fourth-order valence-corrected chi connectivity index (χ4v) is 3.06. The van der Waals surface area contributed by atoms with Crippen molar-refractivity contribution in [2.24, 2.45) is 10.3 Å². The van der Waals surface area contributed by atoms with Gasteiger partial charge >= 0.3 is 0 Å². The van der Waals surface area contributed by atoms with Crippen LogP contribution in [-0.4, -0.2) is 37.2 Å². The SMILES string of the molecule is O=C(C/C=C1/CN(Cc2nc3ccccc3n2Cc2ccccn2)N=N1)NO. The van der Waals surface area contributed by atoms with Crippen LogP contribution < -0.4 is 5.48 Å². The normalized spacial score (nSPS) is 14.9. The first-order chi connectivity index (χ1) is 13.7. The summed E-state index contributed by atoms with van der Waals surface area (Å²) in [6.45, 7) is 1.57. The third-order valence-electron chi connectivity index (χ3n) is 4.40. The first-order valence-corrected chi connectivity index (χ1v) is 8.85. The monoisotopic (exact) mass is 377 g/mol. The van der Waals surface area contributed by atoms with E-state index < -0.39 is 5.91 Å². The van der Waals surface area contributed by atoms with Gasteiger partial charge in [-0.1, -0.05) is 23.4 Å². The molecule has 9 heteroatoms. The zero-order chi connectivity index (χ0) is 19.3. The molecule has 3 heterocycles. The molecule has 9 nitrogen and oxygen atoms in total. The number of fused-ring (bicyclic) bond motifs is 1. The fraction of sp³-hybridized carbons (Fsp3) is 0.211. The topological polar surface area (TPSA) is 108 Å². The molecule has 0 spiro atoms. The van der Waals surface area contributed by atoms with Crippen molar-refractivity contribution in [3.8, 4) is 0 Å². The average Bonchev–Trinajstić information content (AvgIpc) is 3.32. The van der Waals surface area contributed by atoms with Crippen molar-refractivity contribution in [3.05, 3.63) is 72.0 Å². The van der Waals surface area contributed by atoms with Crippen LogP contribution in [0.25, 0.3) is 11.0 Å². The molecule has 0 aliphatic carbocycles. The standard InChI is InChI=1S/C19H19N7O2/c27-19(23-28)9-8-15-11-25(24-22-15)13-18-21-16-6-1-2-7-17(16)26(18)12-14-5-3-4-10-20-14/h1-8,10,28H,9,11-13H2,(H,23,27)/b15-8-. The van der Waals surface area contributed by atoms with Crippen molar-refractivity contribution >= 4 is 16.9 Å². The van der Waals surface area contributed by atoms with Crippen molar-refractivity contribution < 1.29 is 10.0 Å². The van der Waals surface area contributed by atoms with Gasteiger partial charge in [-0.25, -0.2) is 10.5 Å². The number of para-hydroxylation sites is 2. The molecule has 0 unspecified atom stereocenters. The van der Waals surface area contributed by atoms with Gasteiger partial charge in [0.05, 0.1) is 42.1 Å². The number of aromatic nitrogens is 3. The summed E-state index contributed by atoms with van der Waals surface area (Å²) in [6, 6.07) is 13.8. The lowest BCUT2D eigenvalue weighted by Gasteiger charge is -2.13. The van der Waals surface area contributed by atoms with Gasteiger partial charge in [0.15, 0.2) is 0 Å². The van der Waals surface area contributed by atoms with Crippen LogP contribution in [0.2, 0.25) is 0 Å². The third-order valence-corrected chi connectivity index (χ3v) is 4.40. The van der Waals surface area contributed by atoms with E-state index in [4.69, 9.17) is 10.2 Å². The van der Waals surface area contributed by atoms with Gasteiger partial charge in [-0.3, -0.25) is 20.0 Å². The van der Waals surface area contributed by atoms with Crippen molar-refractivity contribution in [2.45, 2.75) is 19.5 Å². The van der Waals surface area contributed by atoms with E-state index in [-0.39, 0.29) is 6.42 Å². The number of amides is 1. The van der Waals surface area contributed by atoms with Crippen molar-refractivity contribution in [3.63, 3.8) is 0 Å². The van der Waals surface area contributed by atoms with E-state index in [2.05, 4.69) is 19.9 Å². The maximum Gasteiger partial charge on any atom is 0.247 e. The molecule has 4 rings (SSSR count). The molecule has 142 valence electrons. The minimum Gasteiger partial charge on any atom is -0.320 e. The third kappa shape index (κ3) is 3.89. The van der Waals surface area contributed by atoms with E-state index >= 15 is 0 Å². The maximum atomic E-state index is 11.1. The second-order valence-corrected chi connectivity index (χ2v) is 6.37. The van der Waals surface area contributed by atoms with Crippen molar-refractivity contribution in [1.82, 2.24) is 25.0 Å². The largest absolute Gasteiger partial charge is 0.320 e. The van der Waals surface area contributed by atoms with E-state index in [1.165, 1.54) is 0 Å². The Morgan fingerprint density at radius 1 is 1.18 bits per heavy atom. The molecule has 1 aliphatic heterocycles. The predicted octanol–water partition coefficient (Wildman–Crippen LogP) is 2.44. The van der Waals surface area contributed by atoms with E-state index in [0.29, 0.717) is 25.3 Å². The van der Waals surface area contributed by atoms with Gasteiger partial charge in [0.1, 0.15) is 5.82 Å². The number of nitrogens with zero attached hydrogens (tertiary/aromatic N) is 6. The van der Waals surface area contributed by atoms with E-state index in [0.717, 1.165) is 22.6 Å². The molecule has 1 aliphatic rings. The maximum absolute atomic E-state index is 11.1. The molecule has 28 heavy (non-hydrogen) atoms. The van der Waals surface area contributed by atoms with E-state index in [1.807, 2.05) is 42.5 Å². The highest BCUT2D eigenvalue weighted by atomic mass is 16.5. The zero-order valence-corrected chi connectivity index (χ0v) is 15.1. The number of carbonyl (C=O) groups is 1. The molecule has 1 aromatic carbocycles. The number of carbonyl (C=O) groups excluding carboxylic acids is 1. The molecule has 0 atom stereocenters. The highest BCUT2D eigenvalue weighted by Gasteiger charge is 2.18. The summed E-state index contributed by atoms with van der Waals surface area (Å²) in [5.41, 5.74) is 5.18. The van der Waals surface area contributed by atoms with Gasteiger partial charge in [-0.05, 0) is 30.3 Å². The summed E-state index contributed by atoms with van der Waals surface area (Å²) in [7, 11) is 0. The molecule has 0 saturated heterocycles. The molecule has 2 N–H and O–H groups in total. The number of hydrogen-bond acceptors (Lipinski definition) is 7. The summed E-state index contributed by atoms with van der Waals surface area (Å²) in [6.07, 6.45) is 3.48. The van der Waals surface area contributed by atoms with Gasteiger partial charge < -0.3 is 4.57 Å². The number of pyridine rings is 1. The summed E-state index contributed by atoms with van der Waals surface area (Å²) >= 11 is 0. The lowest BCUT2D eigenvalue weighted by Crippen LogP contribution is -2.19. The van der Waals surface area contributed by atoms with E-state index in [1.54, 1.807) is 22.8 Å². The summed E-state index contributed by atoms with van der Waals surface area (Å²) in [5.74, 6) is 0.374. The predicted molar refractivity (Wildman–Crippen MR) is 101 cm³/mol. The molecule has 2 aromatic heterocycles. The van der Waals surface area contributed by atoms with Crippen LogP contribution in [0.5, 0.6) is 0 Å². The molecular formula is C19H19N7O2. The van der Waals surface area contributed by atoms with E-state index in [9.17, 15) is 4.79 Å². The second-order valence-electron chi connectivity index (χ2n) is 6.37. The Bertz CT molecular complexity index is 1040.